The Bertz CT molecular complexity index is 659. The second kappa shape index (κ2) is 9.23. The molecule has 0 saturated carbocycles. The van der Waals surface area contributed by atoms with Crippen LogP contribution in [0, 0.1) is 5.82 Å². The first-order chi connectivity index (χ1) is 11.5. The van der Waals surface area contributed by atoms with Crippen LogP contribution in [0.15, 0.2) is 48.5 Å². The molecule has 128 valence electrons. The zero-order valence-electron chi connectivity index (χ0n) is 14.0. The number of hydrogen-bond donors (Lipinski definition) is 2. The molecule has 0 atom stereocenters. The van der Waals surface area contributed by atoms with Crippen LogP contribution >= 0.6 is 12.2 Å². The summed E-state index contributed by atoms with van der Waals surface area (Å²) in [5.74, 6) is 0.611. The van der Waals surface area contributed by atoms with E-state index in [0.717, 1.165) is 36.4 Å². The van der Waals surface area contributed by atoms with Gasteiger partial charge in [0.05, 0.1) is 6.10 Å². The molecule has 0 fully saturated rings. The fourth-order valence-corrected chi connectivity index (χ4v) is 2.46. The summed E-state index contributed by atoms with van der Waals surface area (Å²) in [4.78, 5) is 0. The van der Waals surface area contributed by atoms with Crippen molar-refractivity contribution in [3.8, 4) is 5.75 Å². The summed E-state index contributed by atoms with van der Waals surface area (Å²) in [5, 5.41) is 6.91. The van der Waals surface area contributed by atoms with Gasteiger partial charge in [0.2, 0.25) is 0 Å². The molecule has 0 amide bonds. The Labute approximate surface area is 148 Å². The highest BCUT2D eigenvalue weighted by Gasteiger charge is 2.02. The Kier molecular flexibility index (Phi) is 7.00. The molecule has 0 radical (unpaired) electrons. The number of hydrogen-bond acceptors (Lipinski definition) is 2. The normalized spacial score (nSPS) is 10.5. The number of halogens is 1. The van der Waals surface area contributed by atoms with Crippen LogP contribution in [0.1, 0.15) is 25.8 Å². The molecule has 2 aromatic carbocycles. The maximum Gasteiger partial charge on any atom is 0.170 e. The van der Waals surface area contributed by atoms with Gasteiger partial charge >= 0.3 is 0 Å². The lowest BCUT2D eigenvalue weighted by Crippen LogP contribution is -2.29. The molecular formula is C19H23FN2OS. The van der Waals surface area contributed by atoms with E-state index in [4.69, 9.17) is 17.0 Å². The fourth-order valence-electron chi connectivity index (χ4n) is 2.24. The molecule has 2 rings (SSSR count). The number of anilines is 1. The van der Waals surface area contributed by atoms with Gasteiger partial charge in [0, 0.05) is 18.3 Å². The van der Waals surface area contributed by atoms with Crippen molar-refractivity contribution < 1.29 is 9.13 Å². The molecule has 0 aliphatic carbocycles. The Morgan fingerprint density at radius 2 is 1.92 bits per heavy atom. The number of rotatable bonds is 7. The summed E-state index contributed by atoms with van der Waals surface area (Å²) in [6, 6.07) is 14.3. The van der Waals surface area contributed by atoms with E-state index in [2.05, 4.69) is 10.6 Å². The minimum Gasteiger partial charge on any atom is -0.491 e. The van der Waals surface area contributed by atoms with Gasteiger partial charge in [0.25, 0.3) is 0 Å². The van der Waals surface area contributed by atoms with Crippen molar-refractivity contribution in [1.29, 1.82) is 0 Å². The van der Waals surface area contributed by atoms with Crippen LogP contribution in [-0.2, 0) is 6.42 Å². The van der Waals surface area contributed by atoms with Gasteiger partial charge in [-0.1, -0.05) is 18.2 Å². The zero-order chi connectivity index (χ0) is 17.4. The van der Waals surface area contributed by atoms with E-state index in [0.29, 0.717) is 5.11 Å². The third-order valence-electron chi connectivity index (χ3n) is 3.30. The van der Waals surface area contributed by atoms with Crippen molar-refractivity contribution in [1.82, 2.24) is 5.32 Å². The SMILES string of the molecule is CC(C)Oc1cccc(NC(=S)NCCCc2ccc(F)cc2)c1. The van der Waals surface area contributed by atoms with Gasteiger partial charge in [-0.2, -0.15) is 0 Å². The van der Waals surface area contributed by atoms with E-state index in [9.17, 15) is 4.39 Å². The van der Waals surface area contributed by atoms with Crippen molar-refractivity contribution in [3.63, 3.8) is 0 Å². The molecule has 2 aromatic rings. The van der Waals surface area contributed by atoms with Gasteiger partial charge in [0.15, 0.2) is 5.11 Å². The van der Waals surface area contributed by atoms with Crippen LogP contribution in [-0.4, -0.2) is 17.8 Å². The van der Waals surface area contributed by atoms with Gasteiger partial charge in [-0.05, 0) is 68.7 Å². The molecule has 5 heteroatoms. The molecule has 2 N–H and O–H groups in total. The number of thiocarbonyl (C=S) groups is 1. The maximum atomic E-state index is 12.8. The van der Waals surface area contributed by atoms with Gasteiger partial charge in [-0.25, -0.2) is 4.39 Å². The topological polar surface area (TPSA) is 33.3 Å². The fraction of sp³-hybridized carbons (Fsp3) is 0.316. The standard InChI is InChI=1S/C19H23FN2OS/c1-14(2)23-18-7-3-6-17(13-18)22-19(24)21-12-4-5-15-8-10-16(20)11-9-15/h3,6-11,13-14H,4-5,12H2,1-2H3,(H2,21,22,24). The Balaban J connectivity index is 1.72. The number of ether oxygens (including phenoxy) is 1. The summed E-state index contributed by atoms with van der Waals surface area (Å²) in [6.07, 6.45) is 1.94. The molecule has 24 heavy (non-hydrogen) atoms. The molecular weight excluding hydrogens is 323 g/mol. The summed E-state index contributed by atoms with van der Waals surface area (Å²) in [7, 11) is 0. The molecule has 3 nitrogen and oxygen atoms in total. The van der Waals surface area contributed by atoms with Gasteiger partial charge < -0.3 is 15.4 Å². The second-order valence-electron chi connectivity index (χ2n) is 5.81. The van der Waals surface area contributed by atoms with Crippen LogP contribution in [0.2, 0.25) is 0 Å². The van der Waals surface area contributed by atoms with Crippen LogP contribution in [0.5, 0.6) is 5.75 Å². The van der Waals surface area contributed by atoms with Gasteiger partial charge in [-0.15, -0.1) is 0 Å². The molecule has 0 aliphatic heterocycles. The monoisotopic (exact) mass is 346 g/mol. The molecule has 0 heterocycles. The van der Waals surface area contributed by atoms with E-state index >= 15 is 0 Å². The Morgan fingerprint density at radius 3 is 2.62 bits per heavy atom. The lowest BCUT2D eigenvalue weighted by atomic mass is 10.1. The van der Waals surface area contributed by atoms with Crippen molar-refractivity contribution in [2.75, 3.05) is 11.9 Å². The van der Waals surface area contributed by atoms with Crippen LogP contribution in [0.4, 0.5) is 10.1 Å². The van der Waals surface area contributed by atoms with Crippen LogP contribution < -0.4 is 15.4 Å². The molecule has 0 saturated heterocycles. The third-order valence-corrected chi connectivity index (χ3v) is 3.55. The lowest BCUT2D eigenvalue weighted by molar-refractivity contribution is 0.242. The summed E-state index contributed by atoms with van der Waals surface area (Å²) >= 11 is 5.30. The molecule has 0 bridgehead atoms. The van der Waals surface area contributed by atoms with Gasteiger partial charge in [0.1, 0.15) is 11.6 Å². The Hall–Kier alpha value is -2.14. The zero-order valence-corrected chi connectivity index (χ0v) is 14.8. The van der Waals surface area contributed by atoms with Crippen molar-refractivity contribution >= 4 is 23.0 Å². The first-order valence-corrected chi connectivity index (χ1v) is 8.50. The number of nitrogens with one attached hydrogen (secondary N) is 2. The van der Waals surface area contributed by atoms with Crippen molar-refractivity contribution in [2.45, 2.75) is 32.8 Å². The quantitative estimate of drug-likeness (QED) is 0.570. The second-order valence-corrected chi connectivity index (χ2v) is 6.21. The predicted molar refractivity (Wildman–Crippen MR) is 101 cm³/mol. The average molecular weight is 346 g/mol. The Morgan fingerprint density at radius 1 is 1.17 bits per heavy atom. The molecule has 0 spiro atoms. The van der Waals surface area contributed by atoms with E-state index in [1.807, 2.05) is 50.2 Å². The smallest absolute Gasteiger partial charge is 0.170 e. The molecule has 0 unspecified atom stereocenters. The lowest BCUT2D eigenvalue weighted by Gasteiger charge is -2.13. The first-order valence-electron chi connectivity index (χ1n) is 8.09. The summed E-state index contributed by atoms with van der Waals surface area (Å²) < 4.78 is 18.5. The van der Waals surface area contributed by atoms with E-state index in [-0.39, 0.29) is 11.9 Å². The minimum atomic E-state index is -0.203. The van der Waals surface area contributed by atoms with E-state index < -0.39 is 0 Å². The number of aryl methyl sites for hydroxylation is 1. The molecule has 0 aliphatic rings. The summed E-state index contributed by atoms with van der Waals surface area (Å²) in [5.41, 5.74) is 2.01. The van der Waals surface area contributed by atoms with Crippen LogP contribution in [0.25, 0.3) is 0 Å². The molecule has 0 aromatic heterocycles. The first kappa shape index (κ1) is 18.2. The van der Waals surface area contributed by atoms with Crippen molar-refractivity contribution in [2.24, 2.45) is 0 Å². The van der Waals surface area contributed by atoms with E-state index in [1.165, 1.54) is 12.1 Å². The minimum absolute atomic E-state index is 0.136. The third kappa shape index (κ3) is 6.54. The van der Waals surface area contributed by atoms with Gasteiger partial charge in [-0.3, -0.25) is 0 Å². The highest BCUT2D eigenvalue weighted by atomic mass is 32.1. The maximum absolute atomic E-state index is 12.8. The van der Waals surface area contributed by atoms with E-state index in [1.54, 1.807) is 0 Å². The highest BCUT2D eigenvalue weighted by molar-refractivity contribution is 7.80. The predicted octanol–water partition coefficient (Wildman–Crippen LogP) is 4.53. The van der Waals surface area contributed by atoms with Crippen molar-refractivity contribution in [3.05, 3.63) is 59.9 Å². The average Bonchev–Trinajstić information content (AvgIpc) is 2.53. The summed E-state index contributed by atoms with van der Waals surface area (Å²) in [6.45, 7) is 4.74. The van der Waals surface area contributed by atoms with Crippen LogP contribution in [0.3, 0.4) is 0 Å². The highest BCUT2D eigenvalue weighted by Crippen LogP contribution is 2.18. The largest absolute Gasteiger partial charge is 0.491 e. The number of benzene rings is 2.